The van der Waals surface area contributed by atoms with E-state index in [0.29, 0.717) is 37.8 Å². The van der Waals surface area contributed by atoms with Crippen LogP contribution in [0.3, 0.4) is 0 Å². The normalized spacial score (nSPS) is 28.6. The number of hydrogen-bond donors (Lipinski definition) is 3. The van der Waals surface area contributed by atoms with Gasteiger partial charge in [0.1, 0.15) is 35.3 Å². The summed E-state index contributed by atoms with van der Waals surface area (Å²) in [5.41, 5.74) is -2.04. The second-order valence-electron chi connectivity index (χ2n) is 17.2. The molecule has 15 nitrogen and oxygen atoms in total. The third-order valence-corrected chi connectivity index (χ3v) is 14.5. The highest BCUT2D eigenvalue weighted by molar-refractivity contribution is 7.91. The fourth-order valence-corrected chi connectivity index (χ4v) is 10.3. The van der Waals surface area contributed by atoms with E-state index in [1.54, 1.807) is 6.07 Å². The second kappa shape index (κ2) is 15.5. The Morgan fingerprint density at radius 2 is 1.73 bits per heavy atom. The van der Waals surface area contributed by atoms with E-state index in [0.717, 1.165) is 51.0 Å². The summed E-state index contributed by atoms with van der Waals surface area (Å²) < 4.78 is 83.9. The lowest BCUT2D eigenvalue weighted by Crippen LogP contribution is -2.58. The maximum absolute atomic E-state index is 14.7. The summed E-state index contributed by atoms with van der Waals surface area (Å²) >= 11 is 0. The highest BCUT2D eigenvalue weighted by atomic mass is 32.2. The molecule has 0 radical (unpaired) electrons. The topological polar surface area (TPSA) is 190 Å². The van der Waals surface area contributed by atoms with Crippen molar-refractivity contribution in [1.82, 2.24) is 34.9 Å². The molecule has 2 aromatic heterocycles. The molecule has 5 fully saturated rings. The van der Waals surface area contributed by atoms with Gasteiger partial charge in [-0.2, -0.15) is 22.8 Å². The molecule has 6 aliphatic rings. The molecule has 1 saturated heterocycles. The van der Waals surface area contributed by atoms with Gasteiger partial charge in [-0.1, -0.05) is 31.1 Å². The van der Waals surface area contributed by atoms with Crippen LogP contribution < -0.4 is 20.1 Å². The molecule has 9 rings (SSSR count). The molecule has 0 spiro atoms. The highest BCUT2D eigenvalue weighted by Gasteiger charge is 2.62. The number of alkyl halides is 3. The number of nitrogens with zero attached hydrogens (tertiary/aromatic N) is 4. The van der Waals surface area contributed by atoms with Crippen molar-refractivity contribution in [2.45, 2.75) is 143 Å². The zero-order chi connectivity index (χ0) is 42.0. The van der Waals surface area contributed by atoms with Crippen molar-refractivity contribution >= 4 is 50.4 Å². The number of hydrogen-bond acceptors (Lipinski definition) is 10. The van der Waals surface area contributed by atoms with Crippen LogP contribution in [0.15, 0.2) is 36.4 Å². The van der Waals surface area contributed by atoms with Gasteiger partial charge in [0.25, 0.3) is 5.91 Å². The summed E-state index contributed by atoms with van der Waals surface area (Å²) in [6.45, 7) is -0.164. The van der Waals surface area contributed by atoms with E-state index in [1.807, 2.05) is 12.2 Å². The monoisotopic (exact) mass is 855 g/mol. The quantitative estimate of drug-likeness (QED) is 0.255. The van der Waals surface area contributed by atoms with Crippen LogP contribution in [0.4, 0.5) is 18.0 Å². The lowest BCUT2D eigenvalue weighted by Gasteiger charge is -2.30. The van der Waals surface area contributed by atoms with Crippen molar-refractivity contribution in [2.75, 3.05) is 6.54 Å². The molecule has 4 heterocycles. The Hall–Kier alpha value is -4.94. The summed E-state index contributed by atoms with van der Waals surface area (Å²) in [4.78, 5) is 62.3. The first-order valence-electron chi connectivity index (χ1n) is 21.1. The van der Waals surface area contributed by atoms with Gasteiger partial charge in [0, 0.05) is 29.7 Å². The Morgan fingerprint density at radius 1 is 0.967 bits per heavy atom. The Balaban J connectivity index is 1.05. The van der Waals surface area contributed by atoms with Crippen LogP contribution in [0.2, 0.25) is 0 Å². The van der Waals surface area contributed by atoms with Crippen LogP contribution in [-0.4, -0.2) is 93.4 Å². The summed E-state index contributed by atoms with van der Waals surface area (Å²) in [6.07, 6.45) is 5.93. The Labute approximate surface area is 344 Å². The molecule has 3 aromatic rings. The predicted molar refractivity (Wildman–Crippen MR) is 209 cm³/mol. The van der Waals surface area contributed by atoms with Gasteiger partial charge in [-0.25, -0.2) is 18.2 Å². The van der Waals surface area contributed by atoms with Gasteiger partial charge in [-0.3, -0.25) is 19.1 Å². The van der Waals surface area contributed by atoms with E-state index in [2.05, 4.69) is 20.5 Å². The smallest absolute Gasteiger partial charge is 0.418 e. The number of amides is 4. The van der Waals surface area contributed by atoms with Crippen molar-refractivity contribution in [3.05, 3.63) is 47.7 Å². The zero-order valence-electron chi connectivity index (χ0n) is 32.9. The van der Waals surface area contributed by atoms with Crippen LogP contribution in [0, 0.1) is 5.92 Å². The van der Waals surface area contributed by atoms with Crippen LogP contribution in [-0.2, 0) is 35.3 Å². The number of benzene rings is 1. The molecule has 0 bridgehead atoms. The number of halogens is 3. The molecule has 0 unspecified atom stereocenters. The molecule has 5 atom stereocenters. The number of carbonyl (C=O) groups excluding carboxylic acids is 4. The average Bonchev–Trinajstić information content (AvgIpc) is 4.16. The minimum absolute atomic E-state index is 0.0718. The van der Waals surface area contributed by atoms with Crippen molar-refractivity contribution in [1.29, 1.82) is 0 Å². The van der Waals surface area contributed by atoms with Crippen molar-refractivity contribution in [2.24, 2.45) is 5.92 Å². The number of ether oxygens (including phenoxy) is 2. The minimum atomic E-state index is -4.69. The van der Waals surface area contributed by atoms with Gasteiger partial charge >= 0.3 is 12.3 Å². The van der Waals surface area contributed by atoms with Gasteiger partial charge in [-0.05, 0) is 89.2 Å². The Kier molecular flexibility index (Phi) is 10.5. The Bertz CT molecular complexity index is 2360. The number of allylic oxidation sites excluding steroid dienone is 1. The van der Waals surface area contributed by atoms with E-state index in [-0.39, 0.29) is 60.3 Å². The fourth-order valence-electron chi connectivity index (χ4n) is 8.95. The summed E-state index contributed by atoms with van der Waals surface area (Å²) in [5, 5.41) is 9.44. The fraction of sp³-hybridized carbons (Fsp3) is 0.610. The predicted octanol–water partition coefficient (Wildman–Crippen LogP) is 5.17. The molecule has 4 aliphatic carbocycles. The van der Waals surface area contributed by atoms with E-state index in [1.165, 1.54) is 21.5 Å². The molecule has 4 amide bonds. The standard InChI is InChI=1S/C41H48F3N7O8S/c42-41(43,44)29-13-8-12-28-34(29)48-51-33(20-31(23-15-16-23)45-35(28)51)58-26-19-32-36(52)47-40(38(54)49-60(56,57)27-17-18-27)21-24(40)9-4-2-1-3-5-14-30(37(53)50(32)22-26)46-39(55)59-25-10-6-7-11-25/h4,8-9,12-13,20,23-27,30,32H,1-3,5-7,10-11,14-19,21-22H2,(H,46,55)(H,47,52)(H,49,54)/b9-4-/t24-,26+,30-,32-,40+/m0/s1. The number of carbonyl (C=O) groups is 4. The molecule has 322 valence electrons. The lowest BCUT2D eigenvalue weighted by molar-refractivity contribution is -0.141. The van der Waals surface area contributed by atoms with Gasteiger partial charge in [-0.15, -0.1) is 0 Å². The maximum atomic E-state index is 14.7. The molecule has 2 aliphatic heterocycles. The van der Waals surface area contributed by atoms with Crippen molar-refractivity contribution in [3.8, 4) is 5.88 Å². The van der Waals surface area contributed by atoms with Crippen LogP contribution >= 0.6 is 0 Å². The molecule has 19 heteroatoms. The average molecular weight is 856 g/mol. The van der Waals surface area contributed by atoms with E-state index in [9.17, 15) is 40.8 Å². The van der Waals surface area contributed by atoms with Gasteiger partial charge in [0.05, 0.1) is 23.1 Å². The van der Waals surface area contributed by atoms with E-state index in [4.69, 9.17) is 14.5 Å². The number of alkyl carbamates (subject to hydrolysis) is 1. The van der Waals surface area contributed by atoms with Crippen LogP contribution in [0.25, 0.3) is 16.6 Å². The largest absolute Gasteiger partial charge is 0.472 e. The summed E-state index contributed by atoms with van der Waals surface area (Å²) in [6, 6.07) is 3.08. The minimum Gasteiger partial charge on any atom is -0.472 e. The van der Waals surface area contributed by atoms with E-state index >= 15 is 0 Å². The number of nitrogens with one attached hydrogen (secondary N) is 3. The first-order chi connectivity index (χ1) is 28.7. The summed E-state index contributed by atoms with van der Waals surface area (Å²) in [7, 11) is -3.96. The highest BCUT2D eigenvalue weighted by Crippen LogP contribution is 2.47. The molecule has 4 saturated carbocycles. The van der Waals surface area contributed by atoms with Gasteiger partial charge in [0.15, 0.2) is 5.65 Å². The third kappa shape index (κ3) is 8.12. The van der Waals surface area contributed by atoms with Crippen LogP contribution in [0.5, 0.6) is 5.88 Å². The second-order valence-corrected chi connectivity index (χ2v) is 19.2. The first-order valence-corrected chi connectivity index (χ1v) is 22.6. The first kappa shape index (κ1) is 40.5. The number of rotatable bonds is 8. The number of aromatic nitrogens is 3. The van der Waals surface area contributed by atoms with Gasteiger partial charge < -0.3 is 25.0 Å². The number of sulfonamides is 1. The summed E-state index contributed by atoms with van der Waals surface area (Å²) in [5.74, 6) is -2.49. The van der Waals surface area contributed by atoms with Crippen molar-refractivity contribution < 1.29 is 50.2 Å². The van der Waals surface area contributed by atoms with Gasteiger partial charge in [0.2, 0.25) is 27.7 Å². The Morgan fingerprint density at radius 3 is 2.47 bits per heavy atom. The lowest BCUT2D eigenvalue weighted by atomic mass is 10.0. The third-order valence-electron chi connectivity index (χ3n) is 12.7. The molecule has 3 N–H and O–H groups in total. The molecule has 60 heavy (non-hydrogen) atoms. The molecular weight excluding hydrogens is 808 g/mol. The van der Waals surface area contributed by atoms with Crippen molar-refractivity contribution in [3.63, 3.8) is 0 Å². The number of fused-ring (bicyclic) bond motifs is 5. The molecular formula is C41H48F3N7O8S. The maximum Gasteiger partial charge on any atom is 0.418 e. The van der Waals surface area contributed by atoms with Crippen LogP contribution in [0.1, 0.15) is 113 Å². The molecule has 1 aromatic carbocycles. The zero-order valence-corrected chi connectivity index (χ0v) is 33.7. The SMILES string of the molecule is O=C(N[C@H]1CCCCC/C=C\[C@H]2C[C@@]2(C(=O)NS(=O)(=O)C2CC2)NC(=O)[C@@H]2C[C@@H](Oc3cc(C4CC4)nc4c5cccc(C(F)(F)F)c5nn34)CN2C1=O)OC1CCCC1. The van der Waals surface area contributed by atoms with E-state index < -0.39 is 80.5 Å².